The van der Waals surface area contributed by atoms with Gasteiger partial charge in [-0.1, -0.05) is 200 Å². The molecule has 0 spiro atoms. The summed E-state index contributed by atoms with van der Waals surface area (Å²) in [5.41, 5.74) is 6.56. The molecule has 1 atom stereocenters. The zero-order valence-corrected chi connectivity index (χ0v) is 54.3. The van der Waals surface area contributed by atoms with Crippen LogP contribution in [0.2, 0.25) is 0 Å². The van der Waals surface area contributed by atoms with E-state index in [9.17, 15) is 15.8 Å². The first kappa shape index (κ1) is 63.3. The van der Waals surface area contributed by atoms with Crippen LogP contribution >= 0.6 is 45.3 Å². The number of halogens is 3. The summed E-state index contributed by atoms with van der Waals surface area (Å²) < 4.78 is 55.8. The summed E-state index contributed by atoms with van der Waals surface area (Å²) in [5, 5.41) is 29.7. The normalized spacial score (nSPS) is 16.5. The van der Waals surface area contributed by atoms with Crippen molar-refractivity contribution in [1.82, 2.24) is 0 Å². The SMILES string of the molecule is CCCCCCCCC1(CCCCCCCC)c2cc3c(cc2-c2sc4cc(/C=C/C5=C(C#N)C(=C(C#N)C#N)OC5(C)C(F)(F)F)sc4c21)C(CCCCCCCC)(CCCCCCCC)c1c-3sc2cc(-c3ccc(N(C)C)cc3)sc12. The van der Waals surface area contributed by atoms with Gasteiger partial charge >= 0.3 is 6.18 Å². The summed E-state index contributed by atoms with van der Waals surface area (Å²) in [5.74, 6) is -0.626. The Kier molecular flexibility index (Phi) is 21.2. The maximum absolute atomic E-state index is 15.1. The molecule has 0 radical (unpaired) electrons. The van der Waals surface area contributed by atoms with Crippen LogP contribution < -0.4 is 4.90 Å². The van der Waals surface area contributed by atoms with E-state index in [1.54, 1.807) is 35.1 Å². The van der Waals surface area contributed by atoms with Gasteiger partial charge in [0.25, 0.3) is 0 Å². The minimum Gasteiger partial charge on any atom is -0.470 e. The van der Waals surface area contributed by atoms with Gasteiger partial charge in [0.1, 0.15) is 23.8 Å². The van der Waals surface area contributed by atoms with Crippen molar-refractivity contribution in [3.8, 4) is 49.5 Å². The molecule has 84 heavy (non-hydrogen) atoms. The maximum atomic E-state index is 15.1. The highest BCUT2D eigenvalue weighted by molar-refractivity contribution is 7.31. The molecule has 0 fully saturated rings. The van der Waals surface area contributed by atoms with Crippen molar-refractivity contribution in [1.29, 1.82) is 15.8 Å². The van der Waals surface area contributed by atoms with Gasteiger partial charge in [-0.3, -0.25) is 0 Å². The van der Waals surface area contributed by atoms with Gasteiger partial charge in [-0.2, -0.15) is 29.0 Å². The Morgan fingerprint density at radius 2 is 0.988 bits per heavy atom. The summed E-state index contributed by atoms with van der Waals surface area (Å²) >= 11 is 7.54. The molecule has 3 aliphatic rings. The molecule has 12 heteroatoms. The molecule has 5 nitrogen and oxygen atoms in total. The number of benzene rings is 2. The lowest BCUT2D eigenvalue weighted by atomic mass is 9.68. The largest absolute Gasteiger partial charge is 0.470 e. The lowest BCUT2D eigenvalue weighted by Gasteiger charge is -2.35. The fourth-order valence-corrected chi connectivity index (χ4v) is 19.7. The van der Waals surface area contributed by atoms with Crippen LogP contribution in [0.5, 0.6) is 0 Å². The van der Waals surface area contributed by atoms with Gasteiger partial charge in [-0.05, 0) is 114 Å². The summed E-state index contributed by atoms with van der Waals surface area (Å²) in [7, 11) is 4.21. The first-order valence-electron chi connectivity index (χ1n) is 31.9. The number of fused-ring (bicyclic) bond motifs is 10. The van der Waals surface area contributed by atoms with Crippen molar-refractivity contribution in [2.75, 3.05) is 19.0 Å². The van der Waals surface area contributed by atoms with Gasteiger partial charge < -0.3 is 9.64 Å². The third-order valence-corrected chi connectivity index (χ3v) is 23.6. The highest BCUT2D eigenvalue weighted by Gasteiger charge is 2.61. The zero-order valence-electron chi connectivity index (χ0n) is 51.0. The van der Waals surface area contributed by atoms with Crippen LogP contribution in [0.1, 0.15) is 242 Å². The van der Waals surface area contributed by atoms with Gasteiger partial charge in [-0.15, -0.1) is 45.3 Å². The number of allylic oxidation sites excluding steroid dienone is 2. The molecular weight excluding hydrogens is 1120 g/mol. The third kappa shape index (κ3) is 12.5. The standard InChI is InChI=1S/C72H87F3N4OS4/c1-8-12-16-20-24-28-38-70(39-29-25-21-17-13-9-2)57-44-54-58(43-53(57)65-62(70)67-60(83-65)42-52(81-67)36-37-56-55(48-78)64(50(46-76)47-77)80-69(56,5)72(73,74)75)71(40-30-26-22-18-14-10-3,41-31-27-23-19-15-11-4)63-66(54)84-61-45-59(82-68(61)63)49-32-34-51(35-33-49)79(6)7/h32-37,42-45H,8-31,38-41H2,1-7H3/b37-36+. The van der Waals surface area contributed by atoms with E-state index in [1.807, 2.05) is 40.1 Å². The van der Waals surface area contributed by atoms with E-state index in [0.29, 0.717) is 0 Å². The molecule has 5 heterocycles. The molecule has 0 amide bonds. The minimum atomic E-state index is -4.94. The number of hydrogen-bond acceptors (Lipinski definition) is 9. The second-order valence-electron chi connectivity index (χ2n) is 24.7. The van der Waals surface area contributed by atoms with Crippen molar-refractivity contribution >= 4 is 75.9 Å². The molecule has 0 N–H and O–H groups in total. The zero-order chi connectivity index (χ0) is 59.7. The maximum Gasteiger partial charge on any atom is 0.432 e. The Bertz CT molecular complexity index is 3440. The quantitative estimate of drug-likeness (QED) is 0.0310. The molecule has 446 valence electrons. The van der Waals surface area contributed by atoms with Crippen molar-refractivity contribution in [3.05, 3.63) is 104 Å². The second-order valence-corrected chi connectivity index (χ2v) is 28.9. The van der Waals surface area contributed by atoms with Crippen LogP contribution in [0.25, 0.3) is 56.2 Å². The molecule has 6 aromatic rings. The average molecular weight is 1210 g/mol. The predicted octanol–water partition coefficient (Wildman–Crippen LogP) is 24.0. The lowest BCUT2D eigenvalue weighted by Crippen LogP contribution is -2.43. The van der Waals surface area contributed by atoms with Crippen molar-refractivity contribution in [3.63, 3.8) is 0 Å². The van der Waals surface area contributed by atoms with E-state index in [1.165, 1.54) is 215 Å². The molecular formula is C72H87F3N4OS4. The molecule has 2 aliphatic carbocycles. The number of anilines is 1. The Hall–Kier alpha value is -5.16. The number of nitriles is 3. The summed E-state index contributed by atoms with van der Waals surface area (Å²) in [6, 6.07) is 24.3. The highest BCUT2D eigenvalue weighted by Crippen LogP contribution is 2.67. The van der Waals surface area contributed by atoms with Gasteiger partial charge in [0.2, 0.25) is 5.60 Å². The second kappa shape index (κ2) is 28.1. The fraction of sp³-hybridized carbons (Fsp3) is 0.542. The molecule has 0 saturated carbocycles. The highest BCUT2D eigenvalue weighted by atomic mass is 32.1. The van der Waals surface area contributed by atoms with Crippen LogP contribution in [-0.4, -0.2) is 25.9 Å². The van der Waals surface area contributed by atoms with Crippen LogP contribution in [0.15, 0.2) is 77.1 Å². The number of rotatable bonds is 32. The fourth-order valence-electron chi connectivity index (χ4n) is 14.0. The van der Waals surface area contributed by atoms with Gasteiger partial charge in [0.05, 0.1) is 9.40 Å². The first-order chi connectivity index (χ1) is 40.7. The van der Waals surface area contributed by atoms with Gasteiger partial charge in [-0.25, -0.2) is 0 Å². The number of hydrogen-bond donors (Lipinski definition) is 0. The first-order valence-corrected chi connectivity index (χ1v) is 35.2. The Balaban J connectivity index is 1.24. The molecule has 0 bridgehead atoms. The smallest absolute Gasteiger partial charge is 0.432 e. The van der Waals surface area contributed by atoms with Crippen molar-refractivity contribution < 1.29 is 17.9 Å². The van der Waals surface area contributed by atoms with Crippen LogP contribution in [0, 0.1) is 34.0 Å². The number of unbranched alkanes of at least 4 members (excludes halogenated alkanes) is 20. The van der Waals surface area contributed by atoms with E-state index in [4.69, 9.17) is 4.74 Å². The van der Waals surface area contributed by atoms with E-state index in [2.05, 4.69) is 95.2 Å². The summed E-state index contributed by atoms with van der Waals surface area (Å²) in [4.78, 5) is 7.15. The van der Waals surface area contributed by atoms with Crippen molar-refractivity contribution in [2.24, 2.45) is 0 Å². The molecule has 9 rings (SSSR count). The van der Waals surface area contributed by atoms with E-state index >= 15 is 13.2 Å². The van der Waals surface area contributed by atoms with Crippen LogP contribution in [-0.2, 0) is 15.6 Å². The molecule has 1 aliphatic heterocycles. The number of thiophene rings is 4. The average Bonchev–Trinajstić information content (AvgIpc) is 1.56. The van der Waals surface area contributed by atoms with E-state index < -0.39 is 34.3 Å². The lowest BCUT2D eigenvalue weighted by molar-refractivity contribution is -0.236. The monoisotopic (exact) mass is 1210 g/mol. The van der Waals surface area contributed by atoms with E-state index in [0.717, 1.165) is 55.0 Å². The Morgan fingerprint density at radius 3 is 1.40 bits per heavy atom. The topological polar surface area (TPSA) is 83.8 Å². The summed E-state index contributed by atoms with van der Waals surface area (Å²) in [6.07, 6.45) is 31.9. The molecule has 0 saturated heterocycles. The minimum absolute atomic E-state index is 0.122. The van der Waals surface area contributed by atoms with Crippen LogP contribution in [0.4, 0.5) is 18.9 Å². The van der Waals surface area contributed by atoms with Crippen LogP contribution in [0.3, 0.4) is 0 Å². The molecule has 2 aromatic carbocycles. The number of alkyl halides is 3. The third-order valence-electron chi connectivity index (χ3n) is 18.7. The van der Waals surface area contributed by atoms with E-state index in [-0.39, 0.29) is 10.8 Å². The number of ether oxygens (including phenoxy) is 1. The number of nitrogens with zero attached hydrogens (tertiary/aromatic N) is 4. The molecule has 1 unspecified atom stereocenters. The molecule has 4 aromatic heterocycles. The van der Waals surface area contributed by atoms with Gasteiger partial charge in [0, 0.05) is 65.1 Å². The Labute approximate surface area is 516 Å². The predicted molar refractivity (Wildman–Crippen MR) is 353 cm³/mol. The Morgan fingerprint density at radius 1 is 0.560 bits per heavy atom. The van der Waals surface area contributed by atoms with Gasteiger partial charge in [0.15, 0.2) is 11.3 Å². The summed E-state index contributed by atoms with van der Waals surface area (Å²) in [6.45, 7) is 10.0. The van der Waals surface area contributed by atoms with Crippen molar-refractivity contribution in [2.45, 2.75) is 237 Å².